The lowest BCUT2D eigenvalue weighted by Gasteiger charge is -2.19. The standard InChI is InChI=1S/2C36H26N2O2/c2*39-33-13-9-31(10-14-33)36(32-11-15-34(40)16-12-32)35(29-5-1-25(2-6-29)27-17-21-37-22-18-27)30-7-3-26(4-8-30)28-19-23-38-24-20-28/h2*1-24,39-40H. The molecule has 12 aromatic rings. The molecule has 0 amide bonds. The Bertz CT molecular complexity index is 3490. The highest BCUT2D eigenvalue weighted by Crippen LogP contribution is 2.41. The summed E-state index contributed by atoms with van der Waals surface area (Å²) in [5, 5.41) is 40.2. The minimum Gasteiger partial charge on any atom is -0.508 e. The maximum atomic E-state index is 10.0. The zero-order valence-electron chi connectivity index (χ0n) is 43.3. The number of hydrogen-bond donors (Lipinski definition) is 4. The Morgan fingerprint density at radius 2 is 0.287 bits per heavy atom. The lowest BCUT2D eigenvalue weighted by atomic mass is 9.85. The smallest absolute Gasteiger partial charge is 0.115 e. The second-order valence-electron chi connectivity index (χ2n) is 18.9. The van der Waals surface area contributed by atoms with E-state index in [-0.39, 0.29) is 23.0 Å². The fourth-order valence-electron chi connectivity index (χ4n) is 9.83. The lowest BCUT2D eigenvalue weighted by molar-refractivity contribution is 0.474. The molecule has 0 fully saturated rings. The number of hydrogen-bond acceptors (Lipinski definition) is 8. The molecular formula is C72H52N4O4. The van der Waals surface area contributed by atoms with E-state index in [1.807, 2.05) is 97.1 Å². The van der Waals surface area contributed by atoms with Gasteiger partial charge in [0.1, 0.15) is 23.0 Å². The van der Waals surface area contributed by atoms with E-state index in [0.29, 0.717) is 0 Å². The molecule has 4 aromatic heterocycles. The first kappa shape index (κ1) is 51.2. The molecule has 8 aromatic carbocycles. The highest BCUT2D eigenvalue weighted by atomic mass is 16.3. The second-order valence-corrected chi connectivity index (χ2v) is 18.9. The van der Waals surface area contributed by atoms with Crippen LogP contribution in [0.15, 0.2) is 292 Å². The van der Waals surface area contributed by atoms with Gasteiger partial charge in [-0.25, -0.2) is 0 Å². The Labute approximate surface area is 464 Å². The van der Waals surface area contributed by atoms with E-state index in [1.54, 1.807) is 98.1 Å². The highest BCUT2D eigenvalue weighted by molar-refractivity contribution is 6.06. The van der Waals surface area contributed by atoms with Gasteiger partial charge < -0.3 is 20.4 Å². The molecule has 8 heteroatoms. The van der Waals surface area contributed by atoms with E-state index < -0.39 is 0 Å². The molecule has 0 saturated carbocycles. The van der Waals surface area contributed by atoms with E-state index in [4.69, 9.17) is 0 Å². The predicted molar refractivity (Wildman–Crippen MR) is 321 cm³/mol. The molecular weight excluding hydrogens is 985 g/mol. The number of aromatic hydroxyl groups is 4. The van der Waals surface area contributed by atoms with Crippen molar-refractivity contribution in [2.24, 2.45) is 0 Å². The zero-order chi connectivity index (χ0) is 54.6. The van der Waals surface area contributed by atoms with Crippen LogP contribution in [0.25, 0.3) is 66.8 Å². The van der Waals surface area contributed by atoms with Crippen LogP contribution in [0.5, 0.6) is 23.0 Å². The molecule has 0 radical (unpaired) electrons. The SMILES string of the molecule is Oc1ccc(C(=C(c2ccc(-c3ccncc3)cc2)c2ccc(-c3ccncc3)cc2)c2ccc(O)cc2)cc1.Oc1ccc(C(=C(c2ccc(-c3ccncc3)cc2)c2ccc(-c3ccncc3)cc2)c2ccc(O)cc2)cc1. The maximum absolute atomic E-state index is 10.0. The van der Waals surface area contributed by atoms with Crippen LogP contribution in [-0.2, 0) is 0 Å². The molecule has 4 heterocycles. The number of aromatic nitrogens is 4. The zero-order valence-corrected chi connectivity index (χ0v) is 43.3. The molecule has 0 atom stereocenters. The first-order valence-corrected chi connectivity index (χ1v) is 26.0. The average molecular weight is 1040 g/mol. The second kappa shape index (κ2) is 23.9. The Kier molecular flexibility index (Phi) is 15.3. The van der Waals surface area contributed by atoms with Gasteiger partial charge in [-0.05, 0) is 208 Å². The molecule has 384 valence electrons. The van der Waals surface area contributed by atoms with Gasteiger partial charge in [-0.1, -0.05) is 146 Å². The van der Waals surface area contributed by atoms with Crippen molar-refractivity contribution in [2.45, 2.75) is 0 Å². The molecule has 12 rings (SSSR count). The Hall–Kier alpha value is -11.0. The number of phenolic OH excluding ortho intramolecular Hbond substituents is 4. The average Bonchev–Trinajstić information content (AvgIpc) is 3.55. The Balaban J connectivity index is 0.000000169. The van der Waals surface area contributed by atoms with Crippen molar-refractivity contribution in [3.63, 3.8) is 0 Å². The van der Waals surface area contributed by atoms with Crippen molar-refractivity contribution >= 4 is 22.3 Å². The predicted octanol–water partition coefficient (Wildman–Crippen LogP) is 16.5. The van der Waals surface area contributed by atoms with Crippen LogP contribution in [0.2, 0.25) is 0 Å². The monoisotopic (exact) mass is 1040 g/mol. The first-order chi connectivity index (χ1) is 39.3. The summed E-state index contributed by atoms with van der Waals surface area (Å²) in [6.45, 7) is 0. The number of pyridine rings is 4. The number of rotatable bonds is 12. The van der Waals surface area contributed by atoms with Gasteiger partial charge in [-0.15, -0.1) is 0 Å². The van der Waals surface area contributed by atoms with Crippen molar-refractivity contribution in [2.75, 3.05) is 0 Å². The number of nitrogens with zero attached hydrogens (tertiary/aromatic N) is 4. The summed E-state index contributed by atoms with van der Waals surface area (Å²) in [4.78, 5) is 16.6. The number of benzene rings is 8. The van der Waals surface area contributed by atoms with Crippen molar-refractivity contribution in [1.29, 1.82) is 0 Å². The van der Waals surface area contributed by atoms with Crippen LogP contribution in [0.1, 0.15) is 44.5 Å². The third-order valence-electron chi connectivity index (χ3n) is 13.9. The molecule has 4 N–H and O–H groups in total. The maximum Gasteiger partial charge on any atom is 0.115 e. The summed E-state index contributed by atoms with van der Waals surface area (Å²) in [5.74, 6) is 0.829. The molecule has 0 unspecified atom stereocenters. The van der Waals surface area contributed by atoms with Crippen molar-refractivity contribution < 1.29 is 20.4 Å². The van der Waals surface area contributed by atoms with Gasteiger partial charge in [0.05, 0.1) is 0 Å². The molecule has 0 spiro atoms. The van der Waals surface area contributed by atoms with Crippen molar-refractivity contribution in [3.05, 3.63) is 337 Å². The summed E-state index contributed by atoms with van der Waals surface area (Å²) in [7, 11) is 0. The van der Waals surface area contributed by atoms with Gasteiger partial charge in [0.25, 0.3) is 0 Å². The van der Waals surface area contributed by atoms with Gasteiger partial charge in [-0.2, -0.15) is 0 Å². The fourth-order valence-corrected chi connectivity index (χ4v) is 9.83. The normalized spacial score (nSPS) is 10.7. The molecule has 0 aliphatic carbocycles. The lowest BCUT2D eigenvalue weighted by Crippen LogP contribution is -1.98. The van der Waals surface area contributed by atoms with E-state index in [1.165, 1.54) is 0 Å². The quantitative estimate of drug-likeness (QED) is 0.0890. The minimum atomic E-state index is 0.207. The molecule has 0 aliphatic rings. The fraction of sp³-hybridized carbons (Fsp3) is 0. The summed E-state index contributed by atoms with van der Waals surface area (Å²) in [6.07, 6.45) is 14.4. The topological polar surface area (TPSA) is 132 Å². The third kappa shape index (κ3) is 11.9. The highest BCUT2D eigenvalue weighted by Gasteiger charge is 2.20. The summed E-state index contributed by atoms with van der Waals surface area (Å²) in [5.41, 5.74) is 20.9. The van der Waals surface area contributed by atoms with Crippen molar-refractivity contribution in [1.82, 2.24) is 19.9 Å². The van der Waals surface area contributed by atoms with Crippen LogP contribution < -0.4 is 0 Å². The summed E-state index contributed by atoms with van der Waals surface area (Å²) < 4.78 is 0. The molecule has 0 bridgehead atoms. The summed E-state index contributed by atoms with van der Waals surface area (Å²) in [6, 6.07) is 79.2. The van der Waals surface area contributed by atoms with Crippen molar-refractivity contribution in [3.8, 4) is 67.5 Å². The van der Waals surface area contributed by atoms with E-state index in [0.717, 1.165) is 111 Å². The van der Waals surface area contributed by atoms with Crippen LogP contribution >= 0.6 is 0 Å². The van der Waals surface area contributed by atoms with E-state index in [2.05, 4.69) is 117 Å². The van der Waals surface area contributed by atoms with E-state index in [9.17, 15) is 20.4 Å². The van der Waals surface area contributed by atoms with Gasteiger partial charge in [-0.3, -0.25) is 19.9 Å². The van der Waals surface area contributed by atoms with Crippen LogP contribution in [0.3, 0.4) is 0 Å². The minimum absolute atomic E-state index is 0.207. The Morgan fingerprint density at radius 1 is 0.163 bits per heavy atom. The van der Waals surface area contributed by atoms with Crippen LogP contribution in [0, 0.1) is 0 Å². The largest absolute Gasteiger partial charge is 0.508 e. The molecule has 80 heavy (non-hydrogen) atoms. The Morgan fingerprint density at radius 3 is 0.438 bits per heavy atom. The third-order valence-corrected chi connectivity index (χ3v) is 13.9. The van der Waals surface area contributed by atoms with Gasteiger partial charge in [0.2, 0.25) is 0 Å². The first-order valence-electron chi connectivity index (χ1n) is 26.0. The van der Waals surface area contributed by atoms with Crippen LogP contribution in [-0.4, -0.2) is 40.4 Å². The van der Waals surface area contributed by atoms with Gasteiger partial charge in [0, 0.05) is 49.6 Å². The van der Waals surface area contributed by atoms with Gasteiger partial charge >= 0.3 is 0 Å². The molecule has 0 saturated heterocycles. The van der Waals surface area contributed by atoms with Crippen LogP contribution in [0.4, 0.5) is 0 Å². The summed E-state index contributed by atoms with van der Waals surface area (Å²) >= 11 is 0. The molecule has 0 aliphatic heterocycles. The molecule has 8 nitrogen and oxygen atoms in total. The number of phenols is 4. The van der Waals surface area contributed by atoms with Gasteiger partial charge in [0.15, 0.2) is 0 Å². The van der Waals surface area contributed by atoms with E-state index >= 15 is 0 Å².